The molecule has 0 aliphatic carbocycles. The van der Waals surface area contributed by atoms with Crippen molar-refractivity contribution in [2.75, 3.05) is 0 Å². The van der Waals surface area contributed by atoms with Crippen molar-refractivity contribution in [1.29, 1.82) is 0 Å². The first kappa shape index (κ1) is 13.1. The number of para-hydroxylation sites is 1. The molecule has 3 rings (SSSR count). The third-order valence-corrected chi connectivity index (χ3v) is 4.24. The number of aromatic nitrogens is 3. The Morgan fingerprint density at radius 3 is 2.95 bits per heavy atom. The van der Waals surface area contributed by atoms with Crippen molar-refractivity contribution in [3.05, 3.63) is 52.7 Å². The number of fused-ring (bicyclic) bond motifs is 1. The predicted octanol–water partition coefficient (Wildman–Crippen LogP) is 2.92. The van der Waals surface area contributed by atoms with Crippen molar-refractivity contribution >= 4 is 22.4 Å². The Balaban J connectivity index is 1.93. The molecular formula is C15H15N3OS. The van der Waals surface area contributed by atoms with Gasteiger partial charge in [-0.15, -0.1) is 5.10 Å². The molecule has 0 saturated carbocycles. The first-order valence-electron chi connectivity index (χ1n) is 6.61. The van der Waals surface area contributed by atoms with Crippen LogP contribution in [0.1, 0.15) is 29.2 Å². The topological polar surface area (TPSA) is 58.9 Å². The minimum Gasteiger partial charge on any atom is -0.387 e. The second-order valence-corrected chi connectivity index (χ2v) is 5.43. The van der Waals surface area contributed by atoms with Crippen LogP contribution < -0.4 is 0 Å². The molecule has 2 heterocycles. The number of aliphatic hydroxyl groups is 1. The molecule has 1 aromatic carbocycles. The third-order valence-electron chi connectivity index (χ3n) is 3.38. The second kappa shape index (κ2) is 5.64. The summed E-state index contributed by atoms with van der Waals surface area (Å²) in [5.41, 5.74) is 2.94. The van der Waals surface area contributed by atoms with E-state index in [2.05, 4.69) is 14.6 Å². The number of aliphatic hydroxyl groups excluding tert-OH is 1. The highest BCUT2D eigenvalue weighted by molar-refractivity contribution is 7.05. The van der Waals surface area contributed by atoms with Gasteiger partial charge in [-0.1, -0.05) is 29.6 Å². The molecule has 0 spiro atoms. The first-order chi connectivity index (χ1) is 9.79. The molecule has 0 bridgehead atoms. The van der Waals surface area contributed by atoms with Gasteiger partial charge < -0.3 is 5.11 Å². The summed E-state index contributed by atoms with van der Waals surface area (Å²) < 4.78 is 3.94. The van der Waals surface area contributed by atoms with Crippen LogP contribution >= 0.6 is 11.5 Å². The number of aryl methyl sites for hydroxylation is 1. The largest absolute Gasteiger partial charge is 0.387 e. The maximum atomic E-state index is 10.4. The fraction of sp³-hybridized carbons (Fsp3) is 0.267. The predicted molar refractivity (Wildman–Crippen MR) is 79.7 cm³/mol. The molecule has 0 aliphatic rings. The van der Waals surface area contributed by atoms with E-state index in [1.807, 2.05) is 37.3 Å². The third kappa shape index (κ3) is 2.42. The van der Waals surface area contributed by atoms with Gasteiger partial charge in [-0.05, 0) is 35.6 Å². The number of hydrogen-bond acceptors (Lipinski definition) is 5. The monoisotopic (exact) mass is 285 g/mol. The Kier molecular flexibility index (Phi) is 3.71. The molecule has 3 aromatic rings. The van der Waals surface area contributed by atoms with E-state index in [0.29, 0.717) is 6.42 Å². The van der Waals surface area contributed by atoms with Crippen molar-refractivity contribution in [1.82, 2.24) is 14.6 Å². The first-order valence-corrected chi connectivity index (χ1v) is 7.38. The van der Waals surface area contributed by atoms with E-state index in [9.17, 15) is 5.11 Å². The van der Waals surface area contributed by atoms with Gasteiger partial charge in [-0.3, -0.25) is 4.98 Å². The summed E-state index contributed by atoms with van der Waals surface area (Å²) in [6.07, 6.45) is 2.58. The second-order valence-electron chi connectivity index (χ2n) is 4.64. The fourth-order valence-electron chi connectivity index (χ4n) is 2.35. The van der Waals surface area contributed by atoms with Crippen LogP contribution in [0.4, 0.5) is 0 Å². The van der Waals surface area contributed by atoms with Crippen molar-refractivity contribution in [2.24, 2.45) is 0 Å². The summed E-state index contributed by atoms with van der Waals surface area (Å²) in [4.78, 5) is 5.21. The highest BCUT2D eigenvalue weighted by Gasteiger charge is 2.17. The number of benzene rings is 1. The highest BCUT2D eigenvalue weighted by Crippen LogP contribution is 2.27. The summed E-state index contributed by atoms with van der Waals surface area (Å²) in [5, 5.41) is 15.6. The van der Waals surface area contributed by atoms with E-state index in [-0.39, 0.29) is 0 Å². The number of rotatable bonds is 4. The Bertz CT molecular complexity index is 720. The van der Waals surface area contributed by atoms with E-state index in [4.69, 9.17) is 0 Å². The molecule has 0 saturated heterocycles. The van der Waals surface area contributed by atoms with Crippen LogP contribution in [0.15, 0.2) is 36.5 Å². The maximum Gasteiger partial charge on any atom is 0.0957 e. The quantitative estimate of drug-likeness (QED) is 0.800. The molecular weight excluding hydrogens is 270 g/mol. The van der Waals surface area contributed by atoms with Gasteiger partial charge in [0.2, 0.25) is 0 Å². The molecule has 5 heteroatoms. The number of hydrogen-bond donors (Lipinski definition) is 1. The van der Waals surface area contributed by atoms with E-state index < -0.39 is 6.10 Å². The molecule has 0 radical (unpaired) electrons. The summed E-state index contributed by atoms with van der Waals surface area (Å²) in [5.74, 6) is 0. The van der Waals surface area contributed by atoms with Crippen molar-refractivity contribution in [3.8, 4) is 0 Å². The van der Waals surface area contributed by atoms with Crippen LogP contribution in [0.2, 0.25) is 0 Å². The van der Waals surface area contributed by atoms with Gasteiger partial charge in [-0.25, -0.2) is 0 Å². The standard InChI is InChI=1S/C15H15N3OS/c1-2-12-15(20-18-17-12)14(19)9-10-7-8-16-13-6-4-3-5-11(10)13/h3-8,14,19H,2,9H2,1H3. The van der Waals surface area contributed by atoms with Crippen molar-refractivity contribution in [3.63, 3.8) is 0 Å². The molecule has 1 atom stereocenters. The number of nitrogens with zero attached hydrogens (tertiary/aromatic N) is 3. The molecule has 102 valence electrons. The van der Waals surface area contributed by atoms with Gasteiger partial charge >= 0.3 is 0 Å². The normalized spacial score (nSPS) is 12.7. The van der Waals surface area contributed by atoms with Gasteiger partial charge in [0.05, 0.1) is 22.2 Å². The Hall–Kier alpha value is -1.85. The minimum absolute atomic E-state index is 0.555. The van der Waals surface area contributed by atoms with Gasteiger partial charge in [0.1, 0.15) is 0 Å². The van der Waals surface area contributed by atoms with E-state index in [1.54, 1.807) is 6.20 Å². The lowest BCUT2D eigenvalue weighted by atomic mass is 10.0. The molecule has 1 N–H and O–H groups in total. The number of pyridine rings is 1. The van der Waals surface area contributed by atoms with Gasteiger partial charge in [-0.2, -0.15) is 0 Å². The minimum atomic E-state index is -0.559. The molecule has 2 aromatic heterocycles. The Morgan fingerprint density at radius 2 is 2.10 bits per heavy atom. The van der Waals surface area contributed by atoms with Gasteiger partial charge in [0, 0.05) is 18.0 Å². The molecule has 0 amide bonds. The van der Waals surface area contributed by atoms with E-state index in [1.165, 1.54) is 11.5 Å². The van der Waals surface area contributed by atoms with Crippen LogP contribution in [0.5, 0.6) is 0 Å². The average molecular weight is 285 g/mol. The zero-order valence-corrected chi connectivity index (χ0v) is 12.0. The zero-order chi connectivity index (χ0) is 13.9. The molecule has 4 nitrogen and oxygen atoms in total. The summed E-state index contributed by atoms with van der Waals surface area (Å²) in [7, 11) is 0. The Morgan fingerprint density at radius 1 is 1.25 bits per heavy atom. The van der Waals surface area contributed by atoms with Gasteiger partial charge in [0.15, 0.2) is 0 Å². The van der Waals surface area contributed by atoms with E-state index in [0.717, 1.165) is 33.5 Å². The van der Waals surface area contributed by atoms with Crippen LogP contribution in [-0.2, 0) is 12.8 Å². The SMILES string of the molecule is CCc1nnsc1C(O)Cc1ccnc2ccccc12. The zero-order valence-electron chi connectivity index (χ0n) is 11.2. The van der Waals surface area contributed by atoms with Crippen LogP contribution in [0.25, 0.3) is 10.9 Å². The summed E-state index contributed by atoms with van der Waals surface area (Å²) in [6, 6.07) is 9.95. The van der Waals surface area contributed by atoms with Gasteiger partial charge in [0.25, 0.3) is 0 Å². The smallest absolute Gasteiger partial charge is 0.0957 e. The molecule has 1 unspecified atom stereocenters. The summed E-state index contributed by atoms with van der Waals surface area (Å²) in [6.45, 7) is 2.02. The van der Waals surface area contributed by atoms with Crippen LogP contribution in [0.3, 0.4) is 0 Å². The van der Waals surface area contributed by atoms with Crippen molar-refractivity contribution in [2.45, 2.75) is 25.9 Å². The van der Waals surface area contributed by atoms with E-state index >= 15 is 0 Å². The molecule has 20 heavy (non-hydrogen) atoms. The fourth-order valence-corrected chi connectivity index (χ4v) is 3.07. The Labute approximate surface area is 121 Å². The van der Waals surface area contributed by atoms with Crippen LogP contribution in [-0.4, -0.2) is 19.7 Å². The average Bonchev–Trinajstić information content (AvgIpc) is 2.96. The summed E-state index contributed by atoms with van der Waals surface area (Å²) >= 11 is 1.28. The lowest BCUT2D eigenvalue weighted by Gasteiger charge is -2.11. The molecule has 0 fully saturated rings. The lowest BCUT2D eigenvalue weighted by Crippen LogP contribution is -2.03. The maximum absolute atomic E-state index is 10.4. The van der Waals surface area contributed by atoms with Crippen molar-refractivity contribution < 1.29 is 5.11 Å². The van der Waals surface area contributed by atoms with Crippen LogP contribution in [0, 0.1) is 0 Å². The highest BCUT2D eigenvalue weighted by atomic mass is 32.1. The lowest BCUT2D eigenvalue weighted by molar-refractivity contribution is 0.181. The molecule has 0 aliphatic heterocycles.